The van der Waals surface area contributed by atoms with Crippen molar-refractivity contribution in [2.75, 3.05) is 5.32 Å². The van der Waals surface area contributed by atoms with E-state index >= 15 is 0 Å². The van der Waals surface area contributed by atoms with Crippen LogP contribution in [-0.4, -0.2) is 10.1 Å². The quantitative estimate of drug-likeness (QED) is 0.913. The number of pyridine rings is 1. The molecule has 88 valence electrons. The SMILES string of the molecule is Oc1ccc(CNc2c(F)cccc2Br)nc1. The van der Waals surface area contributed by atoms with Gasteiger partial charge in [0.15, 0.2) is 0 Å². The molecule has 5 heteroatoms. The van der Waals surface area contributed by atoms with Crippen LogP contribution in [0, 0.1) is 5.82 Å². The molecule has 2 N–H and O–H groups in total. The van der Waals surface area contributed by atoms with Crippen LogP contribution in [0.15, 0.2) is 41.0 Å². The lowest BCUT2D eigenvalue weighted by atomic mass is 10.3. The van der Waals surface area contributed by atoms with Crippen molar-refractivity contribution in [3.63, 3.8) is 0 Å². The van der Waals surface area contributed by atoms with Gasteiger partial charge in [0, 0.05) is 4.47 Å². The molecule has 3 nitrogen and oxygen atoms in total. The second kappa shape index (κ2) is 5.14. The molecule has 0 spiro atoms. The molecule has 0 aliphatic carbocycles. The molecular formula is C12H10BrFN2O. The zero-order valence-corrected chi connectivity index (χ0v) is 10.4. The monoisotopic (exact) mass is 296 g/mol. The highest BCUT2D eigenvalue weighted by atomic mass is 79.9. The average molecular weight is 297 g/mol. The number of hydrogen-bond acceptors (Lipinski definition) is 3. The normalized spacial score (nSPS) is 10.2. The van der Waals surface area contributed by atoms with E-state index < -0.39 is 0 Å². The van der Waals surface area contributed by atoms with Gasteiger partial charge in [-0.25, -0.2) is 4.39 Å². The standard InChI is InChI=1S/C12H10BrFN2O/c13-10-2-1-3-11(14)12(10)16-6-8-4-5-9(17)7-15-8/h1-5,7,16-17H,6H2. The van der Waals surface area contributed by atoms with Gasteiger partial charge in [0.05, 0.1) is 24.1 Å². The minimum atomic E-state index is -0.321. The highest BCUT2D eigenvalue weighted by Crippen LogP contribution is 2.25. The molecule has 17 heavy (non-hydrogen) atoms. The largest absolute Gasteiger partial charge is 0.506 e. The van der Waals surface area contributed by atoms with Gasteiger partial charge >= 0.3 is 0 Å². The lowest BCUT2D eigenvalue weighted by molar-refractivity contribution is 0.472. The summed E-state index contributed by atoms with van der Waals surface area (Å²) < 4.78 is 14.1. The van der Waals surface area contributed by atoms with Crippen molar-refractivity contribution >= 4 is 21.6 Å². The van der Waals surface area contributed by atoms with Gasteiger partial charge in [-0.15, -0.1) is 0 Å². The van der Waals surface area contributed by atoms with Crippen molar-refractivity contribution < 1.29 is 9.50 Å². The Hall–Kier alpha value is -1.62. The molecule has 0 bridgehead atoms. The molecule has 0 amide bonds. The molecule has 2 aromatic rings. The fraction of sp³-hybridized carbons (Fsp3) is 0.0833. The first kappa shape index (κ1) is 11.9. The van der Waals surface area contributed by atoms with Gasteiger partial charge in [-0.1, -0.05) is 6.07 Å². The predicted molar refractivity (Wildman–Crippen MR) is 67.3 cm³/mol. The molecule has 2 rings (SSSR count). The number of aromatic hydroxyl groups is 1. The Morgan fingerprint density at radius 3 is 2.76 bits per heavy atom. The fourth-order valence-corrected chi connectivity index (χ4v) is 1.85. The Morgan fingerprint density at radius 1 is 1.29 bits per heavy atom. The Kier molecular flexibility index (Phi) is 3.58. The van der Waals surface area contributed by atoms with Crippen LogP contribution in [0.5, 0.6) is 5.75 Å². The van der Waals surface area contributed by atoms with E-state index in [4.69, 9.17) is 5.11 Å². The number of nitrogens with one attached hydrogen (secondary N) is 1. The summed E-state index contributed by atoms with van der Waals surface area (Å²) in [7, 11) is 0. The molecule has 0 fully saturated rings. The molecule has 1 aromatic carbocycles. The van der Waals surface area contributed by atoms with E-state index in [-0.39, 0.29) is 11.6 Å². The molecule has 0 atom stereocenters. The van der Waals surface area contributed by atoms with E-state index in [9.17, 15) is 4.39 Å². The van der Waals surface area contributed by atoms with E-state index in [1.807, 2.05) is 0 Å². The molecule has 0 aliphatic heterocycles. The molecule has 1 heterocycles. The van der Waals surface area contributed by atoms with E-state index in [2.05, 4.69) is 26.2 Å². The Morgan fingerprint density at radius 2 is 2.12 bits per heavy atom. The Bertz CT molecular complexity index is 496. The summed E-state index contributed by atoms with van der Waals surface area (Å²) >= 11 is 3.27. The van der Waals surface area contributed by atoms with Gasteiger partial charge < -0.3 is 10.4 Å². The van der Waals surface area contributed by atoms with Crippen LogP contribution in [-0.2, 0) is 6.54 Å². The van der Waals surface area contributed by atoms with Crippen LogP contribution >= 0.6 is 15.9 Å². The summed E-state index contributed by atoms with van der Waals surface area (Å²) in [5.74, 6) is -0.209. The minimum absolute atomic E-state index is 0.112. The van der Waals surface area contributed by atoms with E-state index in [1.54, 1.807) is 24.3 Å². The van der Waals surface area contributed by atoms with Crippen molar-refractivity contribution in [1.29, 1.82) is 0 Å². The molecule has 0 saturated heterocycles. The van der Waals surface area contributed by atoms with Gasteiger partial charge in [0.1, 0.15) is 11.6 Å². The van der Waals surface area contributed by atoms with Crippen LogP contribution in [0.4, 0.5) is 10.1 Å². The third kappa shape index (κ3) is 2.94. The molecule has 0 unspecified atom stereocenters. The Balaban J connectivity index is 2.10. The van der Waals surface area contributed by atoms with Crippen molar-refractivity contribution in [2.24, 2.45) is 0 Å². The van der Waals surface area contributed by atoms with E-state index in [0.29, 0.717) is 16.7 Å². The summed E-state index contributed by atoms with van der Waals surface area (Å²) in [6, 6.07) is 7.99. The first-order valence-corrected chi connectivity index (χ1v) is 5.78. The Labute approximate surface area is 106 Å². The third-order valence-corrected chi connectivity index (χ3v) is 2.88. The molecule has 0 saturated carbocycles. The zero-order chi connectivity index (χ0) is 12.3. The maximum absolute atomic E-state index is 13.5. The average Bonchev–Trinajstić information content (AvgIpc) is 2.31. The maximum Gasteiger partial charge on any atom is 0.147 e. The van der Waals surface area contributed by atoms with Crippen molar-refractivity contribution in [1.82, 2.24) is 4.98 Å². The highest BCUT2D eigenvalue weighted by Gasteiger charge is 2.05. The summed E-state index contributed by atoms with van der Waals surface area (Å²) in [6.07, 6.45) is 1.35. The van der Waals surface area contributed by atoms with Gasteiger partial charge in [0.25, 0.3) is 0 Å². The number of aromatic nitrogens is 1. The maximum atomic E-state index is 13.5. The number of anilines is 1. The van der Waals surface area contributed by atoms with Crippen LogP contribution in [0.25, 0.3) is 0 Å². The highest BCUT2D eigenvalue weighted by molar-refractivity contribution is 9.10. The smallest absolute Gasteiger partial charge is 0.147 e. The van der Waals surface area contributed by atoms with Crippen LogP contribution in [0.2, 0.25) is 0 Å². The first-order valence-electron chi connectivity index (χ1n) is 4.98. The second-order valence-electron chi connectivity index (χ2n) is 3.46. The minimum Gasteiger partial charge on any atom is -0.506 e. The second-order valence-corrected chi connectivity index (χ2v) is 4.31. The summed E-state index contributed by atoms with van der Waals surface area (Å²) in [5.41, 5.74) is 1.13. The third-order valence-electron chi connectivity index (χ3n) is 2.22. The van der Waals surface area contributed by atoms with Gasteiger partial charge in [-0.05, 0) is 40.2 Å². The van der Waals surface area contributed by atoms with E-state index in [0.717, 1.165) is 5.69 Å². The lowest BCUT2D eigenvalue weighted by Crippen LogP contribution is -2.03. The molecule has 0 radical (unpaired) electrons. The number of hydrogen-bond donors (Lipinski definition) is 2. The summed E-state index contributed by atoms with van der Waals surface area (Å²) in [4.78, 5) is 4.00. The van der Waals surface area contributed by atoms with Crippen molar-refractivity contribution in [2.45, 2.75) is 6.54 Å². The predicted octanol–water partition coefficient (Wildman–Crippen LogP) is 3.30. The van der Waals surface area contributed by atoms with Crippen LogP contribution in [0.1, 0.15) is 5.69 Å². The number of benzene rings is 1. The number of halogens is 2. The van der Waals surface area contributed by atoms with Gasteiger partial charge in [-0.2, -0.15) is 0 Å². The van der Waals surface area contributed by atoms with E-state index in [1.165, 1.54) is 12.3 Å². The van der Waals surface area contributed by atoms with Crippen molar-refractivity contribution in [3.05, 3.63) is 52.5 Å². The van der Waals surface area contributed by atoms with Gasteiger partial charge in [0.2, 0.25) is 0 Å². The van der Waals surface area contributed by atoms with Gasteiger partial charge in [-0.3, -0.25) is 4.98 Å². The van der Waals surface area contributed by atoms with Crippen molar-refractivity contribution in [3.8, 4) is 5.75 Å². The topological polar surface area (TPSA) is 45.1 Å². The lowest BCUT2D eigenvalue weighted by Gasteiger charge is -2.09. The first-order chi connectivity index (χ1) is 8.16. The molecular weight excluding hydrogens is 287 g/mol. The summed E-state index contributed by atoms with van der Waals surface area (Å²) in [6.45, 7) is 0.389. The fourth-order valence-electron chi connectivity index (χ4n) is 1.37. The van der Waals surface area contributed by atoms with Crippen LogP contribution in [0.3, 0.4) is 0 Å². The number of para-hydroxylation sites is 1. The summed E-state index contributed by atoms with van der Waals surface area (Å²) in [5, 5.41) is 12.0. The molecule has 0 aliphatic rings. The number of nitrogens with zero attached hydrogens (tertiary/aromatic N) is 1. The zero-order valence-electron chi connectivity index (χ0n) is 8.82. The number of rotatable bonds is 3. The molecule has 1 aromatic heterocycles. The van der Waals surface area contributed by atoms with Crippen LogP contribution < -0.4 is 5.32 Å².